The van der Waals surface area contributed by atoms with Crippen molar-refractivity contribution in [2.75, 3.05) is 27.2 Å². The van der Waals surface area contributed by atoms with Crippen molar-refractivity contribution in [3.8, 4) is 12.3 Å². The normalized spacial score (nSPS) is 13.1. The van der Waals surface area contributed by atoms with Crippen LogP contribution in [0.1, 0.15) is 26.7 Å². The fourth-order valence-electron chi connectivity index (χ4n) is 1.14. The summed E-state index contributed by atoms with van der Waals surface area (Å²) in [6.45, 7) is 4.91. The van der Waals surface area contributed by atoms with Gasteiger partial charge in [-0.05, 0) is 6.42 Å². The first-order valence-corrected chi connectivity index (χ1v) is 6.49. The van der Waals surface area contributed by atoms with E-state index in [1.807, 2.05) is 13.8 Å². The van der Waals surface area contributed by atoms with E-state index in [0.29, 0.717) is 31.3 Å². The number of aliphatic imine (C=N–C) groups is 3. The number of nitrogens with zero attached hydrogens (tertiary/aromatic N) is 4. The zero-order valence-corrected chi connectivity index (χ0v) is 12.7. The van der Waals surface area contributed by atoms with E-state index in [4.69, 9.17) is 17.0 Å². The number of amidine groups is 1. The van der Waals surface area contributed by atoms with E-state index in [9.17, 15) is 0 Å². The maximum absolute atomic E-state index is 5.74. The van der Waals surface area contributed by atoms with E-state index in [2.05, 4.69) is 26.2 Å². The molecule has 0 amide bonds. The monoisotopic (exact) mass is 280 g/mol. The van der Waals surface area contributed by atoms with Gasteiger partial charge in [-0.25, -0.2) is 5.06 Å². The topological polar surface area (TPSA) is 87.6 Å². The van der Waals surface area contributed by atoms with Crippen LogP contribution < -0.4 is 11.1 Å². The summed E-state index contributed by atoms with van der Waals surface area (Å²) in [6.07, 6.45) is 6.79. The second kappa shape index (κ2) is 10.8. The molecule has 0 heterocycles. The van der Waals surface area contributed by atoms with Crippen LogP contribution in [-0.2, 0) is 4.84 Å². The highest BCUT2D eigenvalue weighted by atomic mass is 16.7. The molecule has 0 aliphatic rings. The second-order valence-corrected chi connectivity index (χ2v) is 3.80. The van der Waals surface area contributed by atoms with Crippen LogP contribution in [0.25, 0.3) is 0 Å². The molecule has 0 radical (unpaired) electrons. The molecular weight excluding hydrogens is 256 g/mol. The maximum Gasteiger partial charge on any atom is 0.231 e. The Morgan fingerprint density at radius 1 is 1.40 bits per heavy atom. The van der Waals surface area contributed by atoms with Crippen LogP contribution in [-0.4, -0.2) is 50.1 Å². The minimum Gasteiger partial charge on any atom is -0.368 e. The van der Waals surface area contributed by atoms with Gasteiger partial charge >= 0.3 is 0 Å². The van der Waals surface area contributed by atoms with Crippen molar-refractivity contribution in [3.63, 3.8) is 0 Å². The molecule has 0 atom stereocenters. The molecule has 0 unspecified atom stereocenters. The van der Waals surface area contributed by atoms with E-state index < -0.39 is 0 Å². The number of hydrogen-bond donors (Lipinski definition) is 2. The van der Waals surface area contributed by atoms with Gasteiger partial charge in [0.25, 0.3) is 0 Å². The van der Waals surface area contributed by atoms with Gasteiger partial charge in [-0.2, -0.15) is 4.99 Å². The van der Waals surface area contributed by atoms with Crippen LogP contribution in [0.2, 0.25) is 0 Å². The number of hydroxylamine groups is 2. The van der Waals surface area contributed by atoms with Gasteiger partial charge in [0.05, 0.1) is 7.11 Å². The lowest BCUT2D eigenvalue weighted by molar-refractivity contribution is -0.0440. The van der Waals surface area contributed by atoms with Gasteiger partial charge in [0, 0.05) is 20.0 Å². The summed E-state index contributed by atoms with van der Waals surface area (Å²) < 4.78 is 0. The Morgan fingerprint density at radius 2 is 2.10 bits per heavy atom. The molecule has 7 nitrogen and oxygen atoms in total. The van der Waals surface area contributed by atoms with Crippen molar-refractivity contribution in [1.82, 2.24) is 10.4 Å². The van der Waals surface area contributed by atoms with Gasteiger partial charge in [0.1, 0.15) is 12.4 Å². The van der Waals surface area contributed by atoms with Gasteiger partial charge in [-0.3, -0.25) is 14.8 Å². The number of nitrogens with two attached hydrogens (primary N) is 1. The highest BCUT2D eigenvalue weighted by molar-refractivity contribution is 6.03. The molecule has 0 fully saturated rings. The van der Waals surface area contributed by atoms with Crippen molar-refractivity contribution in [3.05, 3.63) is 0 Å². The van der Waals surface area contributed by atoms with E-state index in [1.165, 1.54) is 12.2 Å². The molecule has 0 aliphatic heterocycles. The summed E-state index contributed by atoms with van der Waals surface area (Å²) in [5, 5.41) is 4.48. The van der Waals surface area contributed by atoms with Crippen molar-refractivity contribution in [2.45, 2.75) is 26.7 Å². The first-order valence-electron chi connectivity index (χ1n) is 6.49. The van der Waals surface area contributed by atoms with E-state index in [-0.39, 0.29) is 5.96 Å². The smallest absolute Gasteiger partial charge is 0.231 e. The first kappa shape index (κ1) is 17.9. The Labute approximate surface area is 121 Å². The number of guanidine groups is 2. The number of terminal acetylenes is 1. The van der Waals surface area contributed by atoms with Gasteiger partial charge < -0.3 is 11.1 Å². The standard InChI is InChI=1S/C13H24N6O/c1-6-9-15-11(8-3)17-13(19(4)20-5)18-12(14)16-10-7-2/h1H,7-10H2,2-5H3,(H3,14,15,16,17,18). The average molecular weight is 280 g/mol. The van der Waals surface area contributed by atoms with Gasteiger partial charge in [0.2, 0.25) is 11.9 Å². The Bertz CT molecular complexity index is 408. The highest BCUT2D eigenvalue weighted by Gasteiger charge is 2.09. The Hall–Kier alpha value is -2.07. The lowest BCUT2D eigenvalue weighted by Gasteiger charge is -2.19. The SMILES string of the molecule is C#CCN=C(CC)NC(=NC(N)=NCCC)N(C)OC. The molecule has 0 spiro atoms. The van der Waals surface area contributed by atoms with Gasteiger partial charge in [-0.1, -0.05) is 19.8 Å². The van der Waals surface area contributed by atoms with Crippen LogP contribution >= 0.6 is 0 Å². The molecule has 0 aromatic rings. The Balaban J connectivity index is 5.07. The number of rotatable bonds is 5. The number of hydrogen-bond acceptors (Lipinski definition) is 3. The summed E-state index contributed by atoms with van der Waals surface area (Å²) in [5.41, 5.74) is 5.74. The van der Waals surface area contributed by atoms with Crippen molar-refractivity contribution < 1.29 is 4.84 Å². The highest BCUT2D eigenvalue weighted by Crippen LogP contribution is 1.91. The van der Waals surface area contributed by atoms with Crippen LogP contribution in [0.4, 0.5) is 0 Å². The quantitative estimate of drug-likeness (QED) is 0.334. The largest absolute Gasteiger partial charge is 0.368 e. The molecule has 7 heteroatoms. The lowest BCUT2D eigenvalue weighted by atomic mass is 10.4. The Morgan fingerprint density at radius 3 is 2.60 bits per heavy atom. The van der Waals surface area contributed by atoms with Crippen LogP contribution in [0.15, 0.2) is 15.0 Å². The van der Waals surface area contributed by atoms with Crippen molar-refractivity contribution >= 4 is 17.8 Å². The van der Waals surface area contributed by atoms with E-state index >= 15 is 0 Å². The van der Waals surface area contributed by atoms with Crippen LogP contribution in [0.5, 0.6) is 0 Å². The molecule has 0 aromatic carbocycles. The summed E-state index contributed by atoms with van der Waals surface area (Å²) >= 11 is 0. The maximum atomic E-state index is 5.74. The lowest BCUT2D eigenvalue weighted by Crippen LogP contribution is -2.42. The zero-order valence-electron chi connectivity index (χ0n) is 12.7. The summed E-state index contributed by atoms with van der Waals surface area (Å²) in [7, 11) is 3.23. The molecule has 112 valence electrons. The predicted molar refractivity (Wildman–Crippen MR) is 83.5 cm³/mol. The molecule has 0 saturated heterocycles. The summed E-state index contributed by atoms with van der Waals surface area (Å²) in [5.74, 6) is 3.75. The minimum absolute atomic E-state index is 0.186. The Kier molecular flexibility index (Phi) is 9.70. The molecule has 0 bridgehead atoms. The summed E-state index contributed by atoms with van der Waals surface area (Å²) in [6, 6.07) is 0. The molecule has 0 aliphatic carbocycles. The third-order valence-electron chi connectivity index (χ3n) is 2.24. The molecular formula is C13H24N6O. The third-order valence-corrected chi connectivity index (χ3v) is 2.24. The molecule has 3 N–H and O–H groups in total. The van der Waals surface area contributed by atoms with Crippen molar-refractivity contribution in [1.29, 1.82) is 0 Å². The molecule has 0 saturated carbocycles. The van der Waals surface area contributed by atoms with Crippen LogP contribution in [0.3, 0.4) is 0 Å². The minimum atomic E-state index is 0.186. The average Bonchev–Trinajstić information content (AvgIpc) is 2.47. The van der Waals surface area contributed by atoms with Gasteiger partial charge in [-0.15, -0.1) is 6.42 Å². The fourth-order valence-corrected chi connectivity index (χ4v) is 1.14. The second-order valence-electron chi connectivity index (χ2n) is 3.80. The number of nitrogens with one attached hydrogen (secondary N) is 1. The van der Waals surface area contributed by atoms with E-state index in [1.54, 1.807) is 7.05 Å². The fraction of sp³-hybridized carbons (Fsp3) is 0.615. The third kappa shape index (κ3) is 7.38. The zero-order chi connectivity index (χ0) is 15.4. The first-order chi connectivity index (χ1) is 9.58. The summed E-state index contributed by atoms with van der Waals surface area (Å²) in [4.78, 5) is 17.6. The molecule has 20 heavy (non-hydrogen) atoms. The van der Waals surface area contributed by atoms with Crippen molar-refractivity contribution in [2.24, 2.45) is 20.7 Å². The molecule has 0 rings (SSSR count). The van der Waals surface area contributed by atoms with Gasteiger partial charge in [0.15, 0.2) is 0 Å². The van der Waals surface area contributed by atoms with E-state index in [0.717, 1.165) is 6.42 Å². The molecule has 0 aromatic heterocycles. The predicted octanol–water partition coefficient (Wildman–Crippen LogP) is 0.592. The van der Waals surface area contributed by atoms with Crippen LogP contribution in [0, 0.1) is 12.3 Å².